The molecule has 0 saturated carbocycles. The van der Waals surface area contributed by atoms with Crippen molar-refractivity contribution < 1.29 is 27.5 Å². The maximum atomic E-state index is 12.1. The molecule has 8 nitrogen and oxygen atoms in total. The van der Waals surface area contributed by atoms with Crippen LogP contribution in [0.1, 0.15) is 25.8 Å². The van der Waals surface area contributed by atoms with Crippen molar-refractivity contribution in [2.24, 2.45) is 4.99 Å². The quantitative estimate of drug-likeness (QED) is 0.786. The van der Waals surface area contributed by atoms with E-state index in [1.807, 2.05) is 0 Å². The van der Waals surface area contributed by atoms with E-state index in [2.05, 4.69) is 9.71 Å². The van der Waals surface area contributed by atoms with Gasteiger partial charge in [0.2, 0.25) is 6.10 Å². The lowest BCUT2D eigenvalue weighted by Gasteiger charge is -2.11. The highest BCUT2D eigenvalue weighted by molar-refractivity contribution is 7.90. The molecule has 1 saturated heterocycles. The predicted molar refractivity (Wildman–Crippen MR) is 82.8 cm³/mol. The lowest BCUT2D eigenvalue weighted by Crippen LogP contribution is -2.30. The summed E-state index contributed by atoms with van der Waals surface area (Å²) in [4.78, 5) is 27.8. The van der Waals surface area contributed by atoms with Crippen LogP contribution < -0.4 is 4.72 Å². The minimum atomic E-state index is -3.67. The van der Waals surface area contributed by atoms with E-state index in [1.54, 1.807) is 25.1 Å². The molecule has 3 atom stereocenters. The summed E-state index contributed by atoms with van der Waals surface area (Å²) in [5.41, 5.74) is 0.394. The number of cyclic esters (lactones) is 1. The van der Waals surface area contributed by atoms with E-state index in [0.29, 0.717) is 12.0 Å². The fourth-order valence-corrected chi connectivity index (χ4v) is 3.77. The van der Waals surface area contributed by atoms with Crippen molar-refractivity contribution in [1.29, 1.82) is 0 Å². The van der Waals surface area contributed by atoms with Crippen molar-refractivity contribution in [3.63, 3.8) is 0 Å². The summed E-state index contributed by atoms with van der Waals surface area (Å²) in [6.07, 6.45) is -0.947. The van der Waals surface area contributed by atoms with Gasteiger partial charge in [0.25, 0.3) is 10.0 Å². The van der Waals surface area contributed by atoms with Gasteiger partial charge in [0.15, 0.2) is 0 Å². The number of hydrogen-bond donors (Lipinski definition) is 1. The number of benzene rings is 1. The molecule has 0 bridgehead atoms. The molecule has 2 aliphatic heterocycles. The molecule has 1 N–H and O–H groups in total. The van der Waals surface area contributed by atoms with Crippen LogP contribution in [0, 0.1) is 0 Å². The number of rotatable bonds is 3. The zero-order chi connectivity index (χ0) is 17.5. The Balaban J connectivity index is 1.77. The van der Waals surface area contributed by atoms with Crippen LogP contribution in [-0.2, 0) is 29.1 Å². The Morgan fingerprint density at radius 3 is 2.79 bits per heavy atom. The summed E-state index contributed by atoms with van der Waals surface area (Å²) in [5.74, 6) is -1.22. The first-order chi connectivity index (χ1) is 11.3. The number of carbonyl (C=O) groups is 2. The first-order valence-corrected chi connectivity index (χ1v) is 8.87. The Kier molecular flexibility index (Phi) is 4.04. The van der Waals surface area contributed by atoms with Gasteiger partial charge in [0.1, 0.15) is 18.0 Å². The molecular formula is C15H16N2O6S. The molecule has 0 amide bonds. The Morgan fingerprint density at radius 2 is 2.12 bits per heavy atom. The van der Waals surface area contributed by atoms with Gasteiger partial charge >= 0.3 is 11.9 Å². The van der Waals surface area contributed by atoms with Crippen molar-refractivity contribution in [2.75, 3.05) is 0 Å². The number of carbonyl (C=O) groups excluding carboxylic acids is 2. The summed E-state index contributed by atoms with van der Waals surface area (Å²) >= 11 is 0. The number of amidine groups is 1. The summed E-state index contributed by atoms with van der Waals surface area (Å²) in [7, 11) is -3.67. The Hall–Kier alpha value is -2.42. The third kappa shape index (κ3) is 2.99. The maximum absolute atomic E-state index is 12.1. The first-order valence-electron chi connectivity index (χ1n) is 7.39. The van der Waals surface area contributed by atoms with Crippen LogP contribution in [0.4, 0.5) is 0 Å². The molecule has 3 unspecified atom stereocenters. The van der Waals surface area contributed by atoms with Crippen LogP contribution >= 0.6 is 0 Å². The van der Waals surface area contributed by atoms with Crippen molar-refractivity contribution in [3.05, 3.63) is 29.8 Å². The second-order valence-electron chi connectivity index (χ2n) is 5.66. The first kappa shape index (κ1) is 16.4. The molecule has 3 rings (SSSR count). The van der Waals surface area contributed by atoms with Gasteiger partial charge in [0.05, 0.1) is 4.90 Å². The fourth-order valence-electron chi connectivity index (χ4n) is 2.53. The van der Waals surface area contributed by atoms with Gasteiger partial charge in [-0.1, -0.05) is 12.1 Å². The normalized spacial score (nSPS) is 27.2. The van der Waals surface area contributed by atoms with Gasteiger partial charge in [-0.3, -0.25) is 9.71 Å². The van der Waals surface area contributed by atoms with Crippen LogP contribution in [0.25, 0.3) is 0 Å². The summed E-state index contributed by atoms with van der Waals surface area (Å²) < 4.78 is 36.3. The van der Waals surface area contributed by atoms with Gasteiger partial charge in [-0.25, -0.2) is 18.0 Å². The minimum absolute atomic E-state index is 0.0809. The van der Waals surface area contributed by atoms with E-state index in [0.717, 1.165) is 0 Å². The molecule has 0 aromatic heterocycles. The number of aliphatic imine (C=N–C) groups is 1. The molecular weight excluding hydrogens is 336 g/mol. The van der Waals surface area contributed by atoms with Crippen LogP contribution in [0.2, 0.25) is 0 Å². The molecule has 2 aliphatic rings. The van der Waals surface area contributed by atoms with Crippen molar-refractivity contribution in [3.8, 4) is 0 Å². The third-order valence-electron chi connectivity index (χ3n) is 3.71. The second-order valence-corrected chi connectivity index (χ2v) is 7.31. The standard InChI is InChI=1S/C15H16N2O6S/c1-8-7-11(15(19)22-8)23-14(18)9(2)16-13-10-5-3-4-6-12(10)24(20,21)17-13/h3-6,8-9,11H,7H2,1-2H3,(H,16,17). The number of sulfonamides is 1. The van der Waals surface area contributed by atoms with Crippen LogP contribution in [0.3, 0.4) is 0 Å². The van der Waals surface area contributed by atoms with E-state index in [9.17, 15) is 18.0 Å². The molecule has 0 aliphatic carbocycles. The molecule has 1 aromatic carbocycles. The van der Waals surface area contributed by atoms with Crippen LogP contribution in [0.5, 0.6) is 0 Å². The molecule has 9 heteroatoms. The number of ether oxygens (including phenoxy) is 2. The molecule has 1 aromatic rings. The lowest BCUT2D eigenvalue weighted by atomic mass is 10.2. The van der Waals surface area contributed by atoms with E-state index in [4.69, 9.17) is 9.47 Å². The van der Waals surface area contributed by atoms with Gasteiger partial charge < -0.3 is 9.47 Å². The number of fused-ring (bicyclic) bond motifs is 1. The predicted octanol–water partition coefficient (Wildman–Crippen LogP) is 0.361. The number of hydrogen-bond acceptors (Lipinski definition) is 7. The molecule has 128 valence electrons. The van der Waals surface area contributed by atoms with Crippen molar-refractivity contribution >= 4 is 27.8 Å². The molecule has 24 heavy (non-hydrogen) atoms. The Morgan fingerprint density at radius 1 is 1.42 bits per heavy atom. The highest BCUT2D eigenvalue weighted by Gasteiger charge is 2.36. The second kappa shape index (κ2) is 5.90. The fraction of sp³-hybridized carbons (Fsp3) is 0.400. The van der Waals surface area contributed by atoms with E-state index in [1.165, 1.54) is 13.0 Å². The lowest BCUT2D eigenvalue weighted by molar-refractivity contribution is -0.161. The molecule has 0 radical (unpaired) electrons. The third-order valence-corrected chi connectivity index (χ3v) is 5.11. The number of nitrogens with one attached hydrogen (secondary N) is 1. The number of nitrogens with zero attached hydrogens (tertiary/aromatic N) is 1. The van der Waals surface area contributed by atoms with Gasteiger partial charge in [-0.2, -0.15) is 0 Å². The molecule has 1 fully saturated rings. The van der Waals surface area contributed by atoms with E-state index < -0.39 is 34.1 Å². The van der Waals surface area contributed by atoms with Crippen molar-refractivity contribution in [2.45, 2.75) is 43.4 Å². The molecule has 0 spiro atoms. The number of esters is 2. The average Bonchev–Trinajstić information content (AvgIpc) is 2.96. The molecule has 2 heterocycles. The van der Waals surface area contributed by atoms with E-state index >= 15 is 0 Å². The Labute approximate surface area is 138 Å². The smallest absolute Gasteiger partial charge is 0.347 e. The highest BCUT2D eigenvalue weighted by Crippen LogP contribution is 2.23. The highest BCUT2D eigenvalue weighted by atomic mass is 32.2. The zero-order valence-electron chi connectivity index (χ0n) is 13.1. The van der Waals surface area contributed by atoms with Crippen LogP contribution in [0.15, 0.2) is 34.2 Å². The van der Waals surface area contributed by atoms with Gasteiger partial charge in [-0.05, 0) is 26.0 Å². The topological polar surface area (TPSA) is 111 Å². The average molecular weight is 352 g/mol. The van der Waals surface area contributed by atoms with Crippen molar-refractivity contribution in [1.82, 2.24) is 4.72 Å². The van der Waals surface area contributed by atoms with Gasteiger partial charge in [-0.15, -0.1) is 0 Å². The minimum Gasteiger partial charge on any atom is -0.460 e. The summed E-state index contributed by atoms with van der Waals surface area (Å²) in [5, 5.41) is 0. The monoisotopic (exact) mass is 352 g/mol. The SMILES string of the molecule is CC1CC(OC(=O)C(C)N=C2NS(=O)(=O)c3ccccc32)C(=O)O1. The van der Waals surface area contributed by atoms with Crippen LogP contribution in [-0.4, -0.2) is 44.4 Å². The Bertz CT molecular complexity index is 832. The summed E-state index contributed by atoms with van der Waals surface area (Å²) in [6, 6.07) is 5.36. The zero-order valence-corrected chi connectivity index (χ0v) is 13.9. The van der Waals surface area contributed by atoms with Gasteiger partial charge in [0, 0.05) is 12.0 Å². The summed E-state index contributed by atoms with van der Waals surface area (Å²) in [6.45, 7) is 3.17. The van der Waals surface area contributed by atoms with E-state index in [-0.39, 0.29) is 16.8 Å². The largest absolute Gasteiger partial charge is 0.460 e. The maximum Gasteiger partial charge on any atom is 0.347 e.